The van der Waals surface area contributed by atoms with E-state index in [1.165, 1.54) is 11.3 Å². The SMILES string of the molecule is COC(C#Cc1c2cc3ccccc3cc2c(C#CC(OC)(C(C)(C)C)C(C)(C)C)c2cc3sc(S(=O)(=O)c4ccc(C(C)C)cc4)cc3cc12)(C(C)(C)C)C(C)(C)C. The number of benzene rings is 5. The number of methoxy groups -OCH3 is 2. The van der Waals surface area contributed by atoms with E-state index >= 15 is 0 Å². The van der Waals surface area contributed by atoms with Gasteiger partial charge in [0.2, 0.25) is 9.84 Å². The molecule has 0 bridgehead atoms. The van der Waals surface area contributed by atoms with E-state index in [0.717, 1.165) is 59.1 Å². The van der Waals surface area contributed by atoms with Gasteiger partial charge in [0.05, 0.1) is 4.90 Å². The number of ether oxygens (including phenoxy) is 2. The van der Waals surface area contributed by atoms with E-state index in [2.05, 4.69) is 169 Å². The summed E-state index contributed by atoms with van der Waals surface area (Å²) >= 11 is 1.29. The van der Waals surface area contributed by atoms with E-state index in [1.54, 1.807) is 26.4 Å². The van der Waals surface area contributed by atoms with Crippen LogP contribution in [0.2, 0.25) is 0 Å². The van der Waals surface area contributed by atoms with Gasteiger partial charge in [-0.05, 0) is 86.3 Å². The van der Waals surface area contributed by atoms with E-state index in [4.69, 9.17) is 9.47 Å². The average molecular weight is 827 g/mol. The third kappa shape index (κ3) is 7.50. The summed E-state index contributed by atoms with van der Waals surface area (Å²) in [6.45, 7) is 30.4. The fraction of sp³-hybridized carbons (Fsp3) is 0.434. The summed E-state index contributed by atoms with van der Waals surface area (Å²) in [5.41, 5.74) is -0.165. The van der Waals surface area contributed by atoms with E-state index in [1.807, 2.05) is 18.2 Å². The van der Waals surface area contributed by atoms with Crippen LogP contribution in [0.3, 0.4) is 0 Å². The van der Waals surface area contributed by atoms with Crippen LogP contribution in [-0.4, -0.2) is 33.8 Å². The normalized spacial score (nSPS) is 13.6. The monoisotopic (exact) mass is 826 g/mol. The molecule has 0 saturated carbocycles. The van der Waals surface area contributed by atoms with Crippen LogP contribution in [0.1, 0.15) is 120 Å². The fourth-order valence-corrected chi connectivity index (χ4v) is 12.4. The lowest BCUT2D eigenvalue weighted by molar-refractivity contribution is -0.116. The van der Waals surface area contributed by atoms with Gasteiger partial charge in [-0.3, -0.25) is 0 Å². The summed E-state index contributed by atoms with van der Waals surface area (Å²) in [5, 5.41) is 6.79. The van der Waals surface area contributed by atoms with E-state index in [-0.39, 0.29) is 26.6 Å². The smallest absolute Gasteiger partial charge is 0.215 e. The van der Waals surface area contributed by atoms with Crippen molar-refractivity contribution >= 4 is 63.6 Å². The van der Waals surface area contributed by atoms with Crippen LogP contribution >= 0.6 is 11.3 Å². The highest BCUT2D eigenvalue weighted by Crippen LogP contribution is 2.48. The second-order valence-electron chi connectivity index (χ2n) is 20.5. The molecule has 0 N–H and O–H groups in total. The van der Waals surface area contributed by atoms with Crippen LogP contribution in [0.15, 0.2) is 88.0 Å². The largest absolute Gasteiger partial charge is 0.364 e. The second kappa shape index (κ2) is 15.1. The van der Waals surface area contributed by atoms with E-state index in [9.17, 15) is 8.42 Å². The molecule has 0 saturated heterocycles. The number of thiophene rings is 1. The lowest BCUT2D eigenvalue weighted by atomic mass is 9.62. The topological polar surface area (TPSA) is 52.6 Å². The van der Waals surface area contributed by atoms with Crippen LogP contribution in [0.5, 0.6) is 0 Å². The molecule has 6 aromatic rings. The van der Waals surface area contributed by atoms with Crippen molar-refractivity contribution in [1.82, 2.24) is 0 Å². The van der Waals surface area contributed by atoms with E-state index < -0.39 is 21.0 Å². The molecule has 0 atom stereocenters. The molecule has 6 heteroatoms. The first-order valence-corrected chi connectivity index (χ1v) is 22.9. The van der Waals surface area contributed by atoms with Crippen molar-refractivity contribution in [3.8, 4) is 23.7 Å². The zero-order valence-corrected chi connectivity index (χ0v) is 39.7. The molecule has 59 heavy (non-hydrogen) atoms. The highest BCUT2D eigenvalue weighted by atomic mass is 32.2. The van der Waals surface area contributed by atoms with Crippen LogP contribution in [-0.2, 0) is 19.3 Å². The van der Waals surface area contributed by atoms with Gasteiger partial charge in [-0.2, -0.15) is 0 Å². The van der Waals surface area contributed by atoms with Crippen molar-refractivity contribution in [2.45, 2.75) is 123 Å². The minimum absolute atomic E-state index is 0.286. The summed E-state index contributed by atoms with van der Waals surface area (Å²) in [6.07, 6.45) is 0. The van der Waals surface area contributed by atoms with Crippen LogP contribution in [0.25, 0.3) is 42.4 Å². The minimum Gasteiger partial charge on any atom is -0.364 e. The molecule has 0 radical (unpaired) electrons. The van der Waals surface area contributed by atoms with Crippen molar-refractivity contribution in [2.75, 3.05) is 14.2 Å². The molecule has 6 rings (SSSR count). The Morgan fingerprint density at radius 2 is 0.932 bits per heavy atom. The Morgan fingerprint density at radius 1 is 0.542 bits per heavy atom. The summed E-state index contributed by atoms with van der Waals surface area (Å²) in [6, 6.07) is 26.2. The first kappa shape index (κ1) is 44.4. The molecule has 0 aliphatic carbocycles. The highest BCUT2D eigenvalue weighted by Gasteiger charge is 2.51. The molecule has 0 fully saturated rings. The van der Waals surface area contributed by atoms with Crippen molar-refractivity contribution in [3.05, 3.63) is 95.6 Å². The Labute approximate surface area is 358 Å². The van der Waals surface area contributed by atoms with Gasteiger partial charge >= 0.3 is 0 Å². The lowest BCUT2D eigenvalue weighted by Crippen LogP contribution is -2.53. The molecular weight excluding hydrogens is 765 g/mol. The van der Waals surface area contributed by atoms with Crippen molar-refractivity contribution in [2.24, 2.45) is 21.7 Å². The molecular formula is C53H62O4S2. The molecule has 5 aromatic carbocycles. The molecule has 1 heterocycles. The predicted molar refractivity (Wildman–Crippen MR) is 251 cm³/mol. The number of sulfone groups is 1. The molecule has 0 unspecified atom stereocenters. The number of fused-ring (bicyclic) bond motifs is 4. The van der Waals surface area contributed by atoms with Crippen molar-refractivity contribution < 1.29 is 17.9 Å². The molecule has 0 amide bonds. The van der Waals surface area contributed by atoms with Gasteiger partial charge < -0.3 is 9.47 Å². The zero-order chi connectivity index (χ0) is 43.7. The van der Waals surface area contributed by atoms with Gasteiger partial charge in [0.1, 0.15) is 15.4 Å². The van der Waals surface area contributed by atoms with Crippen LogP contribution in [0.4, 0.5) is 0 Å². The average Bonchev–Trinajstić information content (AvgIpc) is 3.56. The molecule has 0 aliphatic rings. The third-order valence-electron chi connectivity index (χ3n) is 12.3. The molecule has 4 nitrogen and oxygen atoms in total. The summed E-state index contributed by atoms with van der Waals surface area (Å²) in [7, 11) is -0.274. The summed E-state index contributed by atoms with van der Waals surface area (Å²) in [4.78, 5) is 0.286. The second-order valence-corrected chi connectivity index (χ2v) is 23.8. The molecule has 310 valence electrons. The van der Waals surface area contributed by atoms with Gasteiger partial charge in [-0.15, -0.1) is 11.3 Å². The first-order valence-electron chi connectivity index (χ1n) is 20.6. The number of hydrogen-bond acceptors (Lipinski definition) is 5. The van der Waals surface area contributed by atoms with E-state index in [0.29, 0.717) is 10.1 Å². The van der Waals surface area contributed by atoms with Gasteiger partial charge in [0, 0.05) is 57.1 Å². The first-order chi connectivity index (χ1) is 27.2. The van der Waals surface area contributed by atoms with Crippen LogP contribution in [0, 0.1) is 45.3 Å². The van der Waals surface area contributed by atoms with Gasteiger partial charge in [-0.1, -0.05) is 157 Å². The van der Waals surface area contributed by atoms with Gasteiger partial charge in [0.15, 0.2) is 0 Å². The number of hydrogen-bond donors (Lipinski definition) is 0. The third-order valence-corrected chi connectivity index (χ3v) is 15.6. The Balaban J connectivity index is 1.81. The Kier molecular flexibility index (Phi) is 11.3. The molecule has 0 spiro atoms. The van der Waals surface area contributed by atoms with Gasteiger partial charge in [0.25, 0.3) is 0 Å². The quantitative estimate of drug-likeness (QED) is 0.128. The van der Waals surface area contributed by atoms with Gasteiger partial charge in [-0.25, -0.2) is 8.42 Å². The molecule has 1 aromatic heterocycles. The fourth-order valence-electron chi connectivity index (χ4n) is 9.60. The Hall–Kier alpha value is -4.17. The van der Waals surface area contributed by atoms with Crippen molar-refractivity contribution in [1.29, 1.82) is 0 Å². The van der Waals surface area contributed by atoms with Crippen molar-refractivity contribution in [3.63, 3.8) is 0 Å². The maximum Gasteiger partial charge on any atom is 0.215 e. The minimum atomic E-state index is -3.79. The maximum atomic E-state index is 14.2. The van der Waals surface area contributed by atoms with Crippen LogP contribution < -0.4 is 0 Å². The summed E-state index contributed by atoms with van der Waals surface area (Å²) in [5.74, 6) is 15.2. The zero-order valence-electron chi connectivity index (χ0n) is 38.0. The predicted octanol–water partition coefficient (Wildman–Crippen LogP) is 14.0. The summed E-state index contributed by atoms with van der Waals surface area (Å²) < 4.78 is 42.6. The molecule has 0 aliphatic heterocycles. The Morgan fingerprint density at radius 3 is 1.31 bits per heavy atom. The Bertz CT molecular complexity index is 2640. The standard InChI is InChI=1S/C53H62O4S2/c1-34(2)35-21-23-39(24-22-35)59(54,55)47-32-38-31-44-40(25-27-52(56-15,48(3,4)5)49(6,7)8)42-29-36-19-17-18-20-37(36)30-43(42)41(45(44)33-46(38)58-47)26-28-53(57-16,50(9,10)11)51(12,13)14/h17-24,29-34H,1-16H3. The lowest BCUT2D eigenvalue weighted by Gasteiger charge is -2.48. The highest BCUT2D eigenvalue weighted by molar-refractivity contribution is 7.93. The number of rotatable bonds is 5. The maximum absolute atomic E-state index is 14.2.